The van der Waals surface area contributed by atoms with Gasteiger partial charge in [-0.3, -0.25) is 4.79 Å². The van der Waals surface area contributed by atoms with Crippen LogP contribution in [-0.2, 0) is 16.0 Å². The molecule has 0 saturated carbocycles. The SMILES string of the molecule is COCCNC(=NCC(=O)N(C)C)NCCc1c[nH]c2cc(F)ccc12. The van der Waals surface area contributed by atoms with E-state index in [0.717, 1.165) is 22.9 Å². The number of nitrogens with one attached hydrogen (secondary N) is 3. The predicted octanol–water partition coefficient (Wildman–Crippen LogP) is 1.12. The summed E-state index contributed by atoms with van der Waals surface area (Å²) in [4.78, 5) is 20.6. The number of ether oxygens (including phenoxy) is 1. The number of benzene rings is 1. The molecule has 3 N–H and O–H groups in total. The first kappa shape index (κ1) is 19.7. The van der Waals surface area contributed by atoms with Gasteiger partial charge in [-0.05, 0) is 30.2 Å². The van der Waals surface area contributed by atoms with Crippen molar-refractivity contribution >= 4 is 22.8 Å². The number of H-pyrrole nitrogens is 1. The van der Waals surface area contributed by atoms with Crippen molar-refractivity contribution in [1.29, 1.82) is 0 Å². The second-order valence-electron chi connectivity index (χ2n) is 6.05. The lowest BCUT2D eigenvalue weighted by Gasteiger charge is -2.13. The van der Waals surface area contributed by atoms with Gasteiger partial charge < -0.3 is 25.3 Å². The summed E-state index contributed by atoms with van der Waals surface area (Å²) in [5.74, 6) is 0.228. The van der Waals surface area contributed by atoms with Gasteiger partial charge in [0.05, 0.1) is 6.61 Å². The first-order valence-electron chi connectivity index (χ1n) is 8.48. The number of methoxy groups -OCH3 is 1. The van der Waals surface area contributed by atoms with Crippen LogP contribution in [-0.4, -0.2) is 69.2 Å². The molecule has 0 fully saturated rings. The molecule has 0 unspecified atom stereocenters. The Morgan fingerprint density at radius 3 is 2.81 bits per heavy atom. The van der Waals surface area contributed by atoms with E-state index in [1.54, 1.807) is 27.3 Å². The molecular formula is C18H26FN5O2. The number of amides is 1. The highest BCUT2D eigenvalue weighted by atomic mass is 19.1. The van der Waals surface area contributed by atoms with E-state index in [0.29, 0.717) is 25.7 Å². The molecule has 142 valence electrons. The molecule has 2 aromatic rings. The fourth-order valence-corrected chi connectivity index (χ4v) is 2.41. The van der Waals surface area contributed by atoms with Gasteiger partial charge in [-0.2, -0.15) is 0 Å². The number of hydrogen-bond acceptors (Lipinski definition) is 3. The molecule has 2 rings (SSSR count). The molecular weight excluding hydrogens is 337 g/mol. The van der Waals surface area contributed by atoms with Gasteiger partial charge in [0.15, 0.2) is 5.96 Å². The summed E-state index contributed by atoms with van der Waals surface area (Å²) in [7, 11) is 5.02. The Morgan fingerprint density at radius 2 is 2.08 bits per heavy atom. The largest absolute Gasteiger partial charge is 0.383 e. The number of fused-ring (bicyclic) bond motifs is 1. The third-order valence-electron chi connectivity index (χ3n) is 3.89. The number of guanidine groups is 1. The van der Waals surface area contributed by atoms with Gasteiger partial charge in [0.2, 0.25) is 5.91 Å². The van der Waals surface area contributed by atoms with E-state index >= 15 is 0 Å². The van der Waals surface area contributed by atoms with Gasteiger partial charge in [0.1, 0.15) is 12.4 Å². The highest BCUT2D eigenvalue weighted by Gasteiger charge is 2.07. The third kappa shape index (κ3) is 5.73. The zero-order valence-corrected chi connectivity index (χ0v) is 15.4. The van der Waals surface area contributed by atoms with Crippen LogP contribution in [0.2, 0.25) is 0 Å². The van der Waals surface area contributed by atoms with Crippen LogP contribution in [0.5, 0.6) is 0 Å². The zero-order valence-electron chi connectivity index (χ0n) is 15.4. The zero-order chi connectivity index (χ0) is 18.9. The van der Waals surface area contributed by atoms with Crippen molar-refractivity contribution in [1.82, 2.24) is 20.5 Å². The second-order valence-corrected chi connectivity index (χ2v) is 6.05. The molecule has 0 radical (unpaired) electrons. The number of carbonyl (C=O) groups is 1. The van der Waals surface area contributed by atoms with E-state index in [9.17, 15) is 9.18 Å². The number of hydrogen-bond donors (Lipinski definition) is 3. The van der Waals surface area contributed by atoms with Crippen LogP contribution in [0.4, 0.5) is 4.39 Å². The Labute approximate surface area is 152 Å². The van der Waals surface area contributed by atoms with Gasteiger partial charge in [-0.15, -0.1) is 0 Å². The summed E-state index contributed by atoms with van der Waals surface area (Å²) in [6.07, 6.45) is 2.62. The average Bonchev–Trinajstić information content (AvgIpc) is 3.01. The van der Waals surface area contributed by atoms with E-state index in [1.165, 1.54) is 17.0 Å². The minimum atomic E-state index is -0.258. The molecule has 1 amide bonds. The van der Waals surface area contributed by atoms with Gasteiger partial charge in [-0.1, -0.05) is 0 Å². The maximum absolute atomic E-state index is 13.3. The summed E-state index contributed by atoms with van der Waals surface area (Å²) >= 11 is 0. The van der Waals surface area contributed by atoms with Crippen LogP contribution in [0.1, 0.15) is 5.56 Å². The Kier molecular flexibility index (Phi) is 7.40. The summed E-state index contributed by atoms with van der Waals surface area (Å²) in [6, 6.07) is 4.72. The smallest absolute Gasteiger partial charge is 0.243 e. The fourth-order valence-electron chi connectivity index (χ4n) is 2.41. The molecule has 0 aliphatic rings. The Hall–Kier alpha value is -2.61. The highest BCUT2D eigenvalue weighted by Crippen LogP contribution is 2.19. The standard InChI is InChI=1S/C18H26FN5O2/c1-24(2)17(25)12-23-18(21-8-9-26-3)20-7-6-13-11-22-16-10-14(19)4-5-15(13)16/h4-5,10-11,22H,6-9,12H2,1-3H3,(H2,20,21,23). The minimum Gasteiger partial charge on any atom is -0.383 e. The first-order chi connectivity index (χ1) is 12.5. The van der Waals surface area contributed by atoms with Crippen molar-refractivity contribution in [2.45, 2.75) is 6.42 Å². The summed E-state index contributed by atoms with van der Waals surface area (Å²) in [5.41, 5.74) is 1.87. The molecule has 7 nitrogen and oxygen atoms in total. The monoisotopic (exact) mass is 363 g/mol. The van der Waals surface area contributed by atoms with Crippen LogP contribution in [0, 0.1) is 5.82 Å². The molecule has 1 aromatic heterocycles. The van der Waals surface area contributed by atoms with Crippen LogP contribution < -0.4 is 10.6 Å². The number of aliphatic imine (C=N–C) groups is 1. The second kappa shape index (κ2) is 9.76. The average molecular weight is 363 g/mol. The van der Waals surface area contributed by atoms with E-state index < -0.39 is 0 Å². The number of likely N-dealkylation sites (N-methyl/N-ethyl adjacent to an activating group) is 1. The number of aromatic nitrogens is 1. The maximum atomic E-state index is 13.3. The topological polar surface area (TPSA) is 81.8 Å². The summed E-state index contributed by atoms with van der Waals surface area (Å²) < 4.78 is 18.3. The van der Waals surface area contributed by atoms with E-state index in [2.05, 4.69) is 20.6 Å². The van der Waals surface area contributed by atoms with Gasteiger partial charge in [0.25, 0.3) is 0 Å². The first-order valence-corrected chi connectivity index (χ1v) is 8.48. The van der Waals surface area contributed by atoms with Crippen molar-refractivity contribution < 1.29 is 13.9 Å². The summed E-state index contributed by atoms with van der Waals surface area (Å²) in [6.45, 7) is 1.82. The van der Waals surface area contributed by atoms with Gasteiger partial charge in [-0.25, -0.2) is 9.38 Å². The van der Waals surface area contributed by atoms with E-state index in [-0.39, 0.29) is 18.3 Å². The van der Waals surface area contributed by atoms with Crippen LogP contribution in [0.15, 0.2) is 29.4 Å². The Bertz CT molecular complexity index is 757. The Balaban J connectivity index is 1.94. The summed E-state index contributed by atoms with van der Waals surface area (Å²) in [5, 5.41) is 7.34. The molecule has 0 aliphatic heterocycles. The molecule has 8 heteroatoms. The third-order valence-corrected chi connectivity index (χ3v) is 3.89. The van der Waals surface area contributed by atoms with Gasteiger partial charge >= 0.3 is 0 Å². The number of nitrogens with zero attached hydrogens (tertiary/aromatic N) is 2. The molecule has 0 spiro atoms. The number of carbonyl (C=O) groups excluding carboxylic acids is 1. The van der Waals surface area contributed by atoms with Gasteiger partial charge in [0, 0.05) is 51.4 Å². The number of aromatic amines is 1. The van der Waals surface area contributed by atoms with Crippen molar-refractivity contribution in [3.63, 3.8) is 0 Å². The molecule has 0 aliphatic carbocycles. The number of rotatable bonds is 8. The molecule has 0 bridgehead atoms. The maximum Gasteiger partial charge on any atom is 0.243 e. The molecule has 26 heavy (non-hydrogen) atoms. The van der Waals surface area contributed by atoms with Crippen molar-refractivity contribution in [2.24, 2.45) is 4.99 Å². The van der Waals surface area contributed by atoms with Crippen molar-refractivity contribution in [3.8, 4) is 0 Å². The van der Waals surface area contributed by atoms with E-state index in [1.807, 2.05) is 6.20 Å². The minimum absolute atomic E-state index is 0.0711. The van der Waals surface area contributed by atoms with Crippen LogP contribution in [0.3, 0.4) is 0 Å². The lowest BCUT2D eigenvalue weighted by Crippen LogP contribution is -2.40. The molecule has 1 heterocycles. The number of halogens is 1. The highest BCUT2D eigenvalue weighted by molar-refractivity contribution is 5.85. The molecule has 0 saturated heterocycles. The van der Waals surface area contributed by atoms with Crippen LogP contribution >= 0.6 is 0 Å². The Morgan fingerprint density at radius 1 is 1.31 bits per heavy atom. The normalized spacial score (nSPS) is 11.6. The quantitative estimate of drug-likeness (QED) is 0.373. The van der Waals surface area contributed by atoms with Crippen LogP contribution in [0.25, 0.3) is 10.9 Å². The molecule has 0 atom stereocenters. The molecule has 1 aromatic carbocycles. The predicted molar refractivity (Wildman–Crippen MR) is 101 cm³/mol. The lowest BCUT2D eigenvalue weighted by atomic mass is 10.1. The fraction of sp³-hybridized carbons (Fsp3) is 0.444. The lowest BCUT2D eigenvalue weighted by molar-refractivity contribution is -0.127. The van der Waals surface area contributed by atoms with Crippen molar-refractivity contribution in [3.05, 3.63) is 35.8 Å². The van der Waals surface area contributed by atoms with Crippen molar-refractivity contribution in [2.75, 3.05) is 47.4 Å². The van der Waals surface area contributed by atoms with E-state index in [4.69, 9.17) is 4.74 Å².